The van der Waals surface area contributed by atoms with Crippen LogP contribution in [0.15, 0.2) is 75.0 Å². The first kappa shape index (κ1) is 31.6. The van der Waals surface area contributed by atoms with Gasteiger partial charge in [0.05, 0.1) is 41.7 Å². The van der Waals surface area contributed by atoms with Gasteiger partial charge in [0, 0.05) is 4.88 Å². The Morgan fingerprint density at radius 2 is 1.70 bits per heavy atom. The summed E-state index contributed by atoms with van der Waals surface area (Å²) in [6.07, 6.45) is 1.85. The van der Waals surface area contributed by atoms with Crippen molar-refractivity contribution in [1.82, 2.24) is 4.57 Å². The zero-order valence-corrected chi connectivity index (χ0v) is 29.3. The third-order valence-corrected chi connectivity index (χ3v) is 10.0. The largest absolute Gasteiger partial charge is 0.487 e. The second kappa shape index (κ2) is 13.9. The Bertz CT molecular complexity index is 1870. The number of hydrogen-bond donors (Lipinski definition) is 0. The molecule has 4 aromatic rings. The highest BCUT2D eigenvalue weighted by molar-refractivity contribution is 14.1. The van der Waals surface area contributed by atoms with E-state index in [0.717, 1.165) is 28.9 Å². The molecule has 2 aromatic carbocycles. The van der Waals surface area contributed by atoms with Gasteiger partial charge in [-0.1, -0.05) is 29.5 Å². The van der Waals surface area contributed by atoms with E-state index < -0.39 is 12.0 Å². The van der Waals surface area contributed by atoms with E-state index in [1.807, 2.05) is 47.9 Å². The fourth-order valence-electron chi connectivity index (χ4n) is 4.57. The van der Waals surface area contributed by atoms with Crippen molar-refractivity contribution in [2.24, 2.45) is 4.99 Å². The number of halogens is 2. The fraction of sp³-hybridized carbons (Fsp3) is 0.226. The molecule has 2 aromatic heterocycles. The van der Waals surface area contributed by atoms with Gasteiger partial charge < -0.3 is 14.2 Å². The summed E-state index contributed by atoms with van der Waals surface area (Å²) in [6, 6.07) is 14.3. The number of aromatic nitrogens is 1. The summed E-state index contributed by atoms with van der Waals surface area (Å²) in [5.74, 6) is -0.0774. The Balaban J connectivity index is 1.44. The summed E-state index contributed by atoms with van der Waals surface area (Å²) >= 11 is 7.24. The minimum Gasteiger partial charge on any atom is -0.487 e. The third kappa shape index (κ3) is 6.81. The highest BCUT2D eigenvalue weighted by Crippen LogP contribution is 2.33. The highest BCUT2D eigenvalue weighted by atomic mass is 127. The van der Waals surface area contributed by atoms with Crippen LogP contribution in [0, 0.1) is 7.14 Å². The van der Waals surface area contributed by atoms with E-state index in [2.05, 4.69) is 50.2 Å². The zero-order chi connectivity index (χ0) is 30.7. The van der Waals surface area contributed by atoms with Crippen LogP contribution in [0.25, 0.3) is 6.08 Å². The van der Waals surface area contributed by atoms with Crippen molar-refractivity contribution in [1.29, 1.82) is 0 Å². The van der Waals surface area contributed by atoms with Gasteiger partial charge >= 0.3 is 11.9 Å². The summed E-state index contributed by atoms with van der Waals surface area (Å²) < 4.78 is 20.4. The summed E-state index contributed by atoms with van der Waals surface area (Å²) in [4.78, 5) is 44.7. The van der Waals surface area contributed by atoms with Gasteiger partial charge in [0.25, 0.3) is 5.56 Å². The normalized spacial score (nSPS) is 14.7. The smallest absolute Gasteiger partial charge is 0.338 e. The predicted molar refractivity (Wildman–Crippen MR) is 183 cm³/mol. The van der Waals surface area contributed by atoms with Gasteiger partial charge in [0.15, 0.2) is 4.80 Å². The Labute approximate surface area is 283 Å². The molecule has 0 bridgehead atoms. The number of carbonyl (C=O) groups is 2. The summed E-state index contributed by atoms with van der Waals surface area (Å²) in [5.41, 5.74) is 2.98. The average Bonchev–Trinajstić information content (AvgIpc) is 3.61. The lowest BCUT2D eigenvalue weighted by molar-refractivity contribution is -0.139. The Kier molecular flexibility index (Phi) is 10.2. The SMILES string of the molecule is CCOC(=O)C1=C(C)N=c2s/c(=C\c3cc(I)c(OCc4ccc(C(=O)OCC)cc4)c(I)c3)c(=O)n2[C@@H]1c1cccs1. The molecule has 8 nitrogen and oxygen atoms in total. The first-order chi connectivity index (χ1) is 20.7. The van der Waals surface area contributed by atoms with Gasteiger partial charge in [0.2, 0.25) is 0 Å². The van der Waals surface area contributed by atoms with Crippen LogP contribution in [0.5, 0.6) is 5.75 Å². The standard InChI is InChI=1S/C31H26I2N2O6S2/c1-4-39-29(37)20-10-8-18(9-11-20)16-41-27-21(32)13-19(14-22(27)33)15-24-28(36)35-26(23-7-6-12-42-23)25(30(38)40-5-2)17(3)34-31(35)43-24/h6-15,26H,4-5,16H2,1-3H3/b24-15-/t26-/m1/s1. The summed E-state index contributed by atoms with van der Waals surface area (Å²) in [7, 11) is 0. The zero-order valence-electron chi connectivity index (χ0n) is 23.4. The lowest BCUT2D eigenvalue weighted by Gasteiger charge is -2.23. The molecule has 1 aliphatic rings. The van der Waals surface area contributed by atoms with Crippen molar-refractivity contribution in [2.75, 3.05) is 13.2 Å². The van der Waals surface area contributed by atoms with Crippen LogP contribution >= 0.6 is 67.9 Å². The molecule has 0 saturated heterocycles. The molecule has 0 unspecified atom stereocenters. The molecule has 12 heteroatoms. The van der Waals surface area contributed by atoms with Crippen molar-refractivity contribution >= 4 is 85.9 Å². The molecule has 0 radical (unpaired) electrons. The molecule has 43 heavy (non-hydrogen) atoms. The molecular formula is C31H26I2N2O6S2. The van der Waals surface area contributed by atoms with Gasteiger partial charge in [0.1, 0.15) is 18.4 Å². The molecule has 1 aliphatic heterocycles. The van der Waals surface area contributed by atoms with E-state index in [4.69, 9.17) is 14.2 Å². The highest BCUT2D eigenvalue weighted by Gasteiger charge is 2.33. The van der Waals surface area contributed by atoms with E-state index in [1.54, 1.807) is 37.5 Å². The first-order valence-corrected chi connectivity index (χ1v) is 17.2. The van der Waals surface area contributed by atoms with Crippen molar-refractivity contribution in [3.8, 4) is 5.75 Å². The van der Waals surface area contributed by atoms with Crippen LogP contribution in [0.2, 0.25) is 0 Å². The van der Waals surface area contributed by atoms with Gasteiger partial charge in [-0.15, -0.1) is 11.3 Å². The summed E-state index contributed by atoms with van der Waals surface area (Å²) in [6.45, 7) is 6.20. The number of nitrogens with zero attached hydrogens (tertiary/aromatic N) is 2. The quantitative estimate of drug-likeness (QED) is 0.156. The van der Waals surface area contributed by atoms with Gasteiger partial charge in [-0.3, -0.25) is 9.36 Å². The topological polar surface area (TPSA) is 96.2 Å². The van der Waals surface area contributed by atoms with E-state index >= 15 is 0 Å². The number of fused-ring (bicyclic) bond motifs is 1. The number of benzene rings is 2. The van der Waals surface area contributed by atoms with Crippen LogP contribution in [-0.4, -0.2) is 29.7 Å². The maximum Gasteiger partial charge on any atom is 0.338 e. The maximum absolute atomic E-state index is 13.8. The third-order valence-electron chi connectivity index (χ3n) is 6.50. The van der Waals surface area contributed by atoms with Crippen LogP contribution in [-0.2, 0) is 20.9 Å². The van der Waals surface area contributed by atoms with Crippen LogP contribution < -0.4 is 19.6 Å². The molecule has 1 atom stereocenters. The van der Waals surface area contributed by atoms with Gasteiger partial charge in [-0.2, -0.15) is 0 Å². The Morgan fingerprint density at radius 3 is 2.33 bits per heavy atom. The number of ether oxygens (including phenoxy) is 3. The molecule has 5 rings (SSSR count). The molecule has 0 N–H and O–H groups in total. The molecule has 0 amide bonds. The van der Waals surface area contributed by atoms with Crippen LogP contribution in [0.3, 0.4) is 0 Å². The molecule has 0 fully saturated rings. The summed E-state index contributed by atoms with van der Waals surface area (Å²) in [5, 5.41) is 1.93. The Morgan fingerprint density at radius 1 is 1.02 bits per heavy atom. The van der Waals surface area contributed by atoms with E-state index in [0.29, 0.717) is 39.4 Å². The first-order valence-electron chi connectivity index (χ1n) is 13.3. The number of rotatable bonds is 9. The number of hydrogen-bond acceptors (Lipinski definition) is 9. The lowest BCUT2D eigenvalue weighted by Crippen LogP contribution is -2.39. The average molecular weight is 840 g/mol. The molecule has 0 saturated carbocycles. The molecule has 0 spiro atoms. The Hall–Kier alpha value is -2.82. The van der Waals surface area contributed by atoms with E-state index in [-0.39, 0.29) is 18.1 Å². The molecular weight excluding hydrogens is 814 g/mol. The second-order valence-corrected chi connectivity index (χ2v) is 13.7. The predicted octanol–water partition coefficient (Wildman–Crippen LogP) is 5.82. The van der Waals surface area contributed by atoms with Crippen molar-refractivity contribution in [2.45, 2.75) is 33.4 Å². The minimum absolute atomic E-state index is 0.215. The lowest BCUT2D eigenvalue weighted by atomic mass is 10.0. The number of esters is 2. The maximum atomic E-state index is 13.8. The number of thiazole rings is 1. The molecule has 3 heterocycles. The van der Waals surface area contributed by atoms with Crippen molar-refractivity contribution in [3.05, 3.63) is 114 Å². The van der Waals surface area contributed by atoms with Gasteiger partial charge in [-0.05, 0) is 119 Å². The van der Waals surface area contributed by atoms with Crippen LogP contribution in [0.4, 0.5) is 0 Å². The molecule has 222 valence electrons. The number of thiophene rings is 1. The van der Waals surface area contributed by atoms with E-state index in [9.17, 15) is 14.4 Å². The van der Waals surface area contributed by atoms with E-state index in [1.165, 1.54) is 22.7 Å². The van der Waals surface area contributed by atoms with Crippen molar-refractivity contribution < 1.29 is 23.8 Å². The number of carbonyl (C=O) groups excluding carboxylic acids is 2. The minimum atomic E-state index is -0.597. The fourth-order valence-corrected chi connectivity index (χ4v) is 8.56. The second-order valence-electron chi connectivity index (χ2n) is 9.34. The number of allylic oxidation sites excluding steroid dienone is 1. The van der Waals surface area contributed by atoms with Crippen molar-refractivity contribution in [3.63, 3.8) is 0 Å². The molecule has 0 aliphatic carbocycles. The monoisotopic (exact) mass is 840 g/mol. The van der Waals surface area contributed by atoms with Crippen LogP contribution in [0.1, 0.15) is 53.2 Å². The van der Waals surface area contributed by atoms with Gasteiger partial charge in [-0.25, -0.2) is 14.6 Å².